The van der Waals surface area contributed by atoms with Crippen LogP contribution in [0.15, 0.2) is 48.5 Å². The lowest BCUT2D eigenvalue weighted by atomic mass is 9.81. The highest BCUT2D eigenvalue weighted by atomic mass is 19.4. The molecular formula is C30H35F3N2O4. The molecule has 3 atom stereocenters. The number of anilines is 1. The molecule has 9 heteroatoms. The molecule has 3 aliphatic rings. The fourth-order valence-corrected chi connectivity index (χ4v) is 6.99. The standard InChI is InChI=1S/C30H35F3N2O4/c31-30(32,33)39-22-16-14-21(15-17-22)29(38)35-25-11-4-3-9-23(25)28(24-10-5-12-26(24)35)34(18-6-13-27(36)37)19-20-7-1-2-8-20/h3-4,9,11,14-17,20,24,26,28H,1-2,5-8,10,12-13,18-19H2,(H,36,37). The third kappa shape index (κ3) is 6.24. The Morgan fingerprint density at radius 3 is 2.38 bits per heavy atom. The molecule has 2 aromatic carbocycles. The van der Waals surface area contributed by atoms with Gasteiger partial charge in [0.05, 0.1) is 0 Å². The predicted molar refractivity (Wildman–Crippen MR) is 141 cm³/mol. The summed E-state index contributed by atoms with van der Waals surface area (Å²) in [7, 11) is 0. The zero-order valence-electron chi connectivity index (χ0n) is 21.9. The molecule has 0 bridgehead atoms. The largest absolute Gasteiger partial charge is 0.573 e. The van der Waals surface area contributed by atoms with Crippen LogP contribution in [0.2, 0.25) is 0 Å². The van der Waals surface area contributed by atoms with Crippen molar-refractivity contribution in [2.24, 2.45) is 11.8 Å². The molecule has 39 heavy (non-hydrogen) atoms. The number of carboxylic acid groups (broad SMARTS) is 1. The van der Waals surface area contributed by atoms with Gasteiger partial charge in [0, 0.05) is 36.3 Å². The summed E-state index contributed by atoms with van der Waals surface area (Å²) in [4.78, 5) is 29.5. The number of fused-ring (bicyclic) bond motifs is 2. The van der Waals surface area contributed by atoms with Crippen molar-refractivity contribution in [3.05, 3.63) is 59.7 Å². The molecule has 1 amide bonds. The monoisotopic (exact) mass is 544 g/mol. The van der Waals surface area contributed by atoms with Crippen LogP contribution in [0.4, 0.5) is 18.9 Å². The van der Waals surface area contributed by atoms with Gasteiger partial charge in [-0.1, -0.05) is 37.5 Å². The molecule has 0 aromatic heterocycles. The molecule has 0 radical (unpaired) electrons. The summed E-state index contributed by atoms with van der Waals surface area (Å²) in [5.41, 5.74) is 2.22. The van der Waals surface area contributed by atoms with Crippen molar-refractivity contribution >= 4 is 17.6 Å². The van der Waals surface area contributed by atoms with E-state index in [9.17, 15) is 27.9 Å². The van der Waals surface area contributed by atoms with Gasteiger partial charge in [0.1, 0.15) is 5.75 Å². The van der Waals surface area contributed by atoms with Crippen molar-refractivity contribution < 1.29 is 32.6 Å². The minimum Gasteiger partial charge on any atom is -0.481 e. The first-order valence-corrected chi connectivity index (χ1v) is 14.0. The lowest BCUT2D eigenvalue weighted by Gasteiger charge is -2.48. The summed E-state index contributed by atoms with van der Waals surface area (Å²) in [6.45, 7) is 1.62. The van der Waals surface area contributed by atoms with E-state index in [-0.39, 0.29) is 36.1 Å². The smallest absolute Gasteiger partial charge is 0.481 e. The van der Waals surface area contributed by atoms with Gasteiger partial charge in [0.2, 0.25) is 0 Å². The Labute approximate surface area is 226 Å². The predicted octanol–water partition coefficient (Wildman–Crippen LogP) is 6.81. The summed E-state index contributed by atoms with van der Waals surface area (Å²) in [6, 6.07) is 13.1. The van der Waals surface area contributed by atoms with E-state index in [1.54, 1.807) is 0 Å². The molecule has 0 spiro atoms. The Hall–Kier alpha value is -3.07. The molecule has 1 aliphatic heterocycles. The van der Waals surface area contributed by atoms with Gasteiger partial charge >= 0.3 is 12.3 Å². The number of carbonyl (C=O) groups is 2. The number of carbonyl (C=O) groups excluding carboxylic acids is 1. The molecule has 2 saturated carbocycles. The second-order valence-electron chi connectivity index (χ2n) is 11.1. The van der Waals surface area contributed by atoms with Crippen LogP contribution in [0.25, 0.3) is 0 Å². The first-order valence-electron chi connectivity index (χ1n) is 14.0. The van der Waals surface area contributed by atoms with Crippen LogP contribution < -0.4 is 9.64 Å². The molecule has 2 fully saturated rings. The van der Waals surface area contributed by atoms with Crippen molar-refractivity contribution in [3.8, 4) is 5.75 Å². The normalized spacial score (nSPS) is 23.1. The van der Waals surface area contributed by atoms with Crippen molar-refractivity contribution in [1.29, 1.82) is 0 Å². The van der Waals surface area contributed by atoms with Crippen molar-refractivity contribution in [2.75, 3.05) is 18.0 Å². The number of halogens is 3. The summed E-state index contributed by atoms with van der Waals surface area (Å²) < 4.78 is 41.8. The molecule has 0 saturated heterocycles. The minimum atomic E-state index is -4.79. The average Bonchev–Trinajstić information content (AvgIpc) is 3.58. The van der Waals surface area contributed by atoms with Gasteiger partial charge in [0.25, 0.3) is 5.91 Å². The number of alkyl halides is 3. The number of nitrogens with zero attached hydrogens (tertiary/aromatic N) is 2. The highest BCUT2D eigenvalue weighted by Crippen LogP contribution is 2.51. The van der Waals surface area contributed by atoms with Gasteiger partial charge in [-0.25, -0.2) is 0 Å². The second-order valence-corrected chi connectivity index (χ2v) is 11.1. The van der Waals surface area contributed by atoms with E-state index in [4.69, 9.17) is 0 Å². The van der Waals surface area contributed by atoms with E-state index in [0.717, 1.165) is 37.1 Å². The average molecular weight is 545 g/mol. The van der Waals surface area contributed by atoms with Gasteiger partial charge in [-0.05, 0) is 86.4 Å². The molecule has 6 nitrogen and oxygen atoms in total. The van der Waals surface area contributed by atoms with Crippen LogP contribution in [0.3, 0.4) is 0 Å². The number of hydrogen-bond acceptors (Lipinski definition) is 4. The van der Waals surface area contributed by atoms with Gasteiger partial charge in [-0.15, -0.1) is 13.2 Å². The quantitative estimate of drug-likeness (QED) is 0.376. The lowest BCUT2D eigenvalue weighted by molar-refractivity contribution is -0.274. The Morgan fingerprint density at radius 1 is 0.974 bits per heavy atom. The first-order chi connectivity index (χ1) is 18.7. The van der Waals surface area contributed by atoms with E-state index in [0.29, 0.717) is 24.4 Å². The number of rotatable bonds is 9. The third-order valence-electron chi connectivity index (χ3n) is 8.53. The van der Waals surface area contributed by atoms with Gasteiger partial charge in [-0.3, -0.25) is 14.5 Å². The van der Waals surface area contributed by atoms with Crippen LogP contribution >= 0.6 is 0 Å². The summed E-state index contributed by atoms with van der Waals surface area (Å²) in [5, 5.41) is 9.28. The molecule has 1 N–H and O–H groups in total. The second kappa shape index (κ2) is 11.6. The maximum absolute atomic E-state index is 13.9. The maximum atomic E-state index is 13.9. The molecular weight excluding hydrogens is 509 g/mol. The first kappa shape index (κ1) is 27.5. The van der Waals surface area contributed by atoms with E-state index >= 15 is 0 Å². The SMILES string of the molecule is O=C(O)CCCN(CC1CCCC1)C1c2ccccc2N(C(=O)c2ccc(OC(F)(F)F)cc2)C2CCCC12. The maximum Gasteiger partial charge on any atom is 0.573 e. The Kier molecular flexibility index (Phi) is 8.16. The summed E-state index contributed by atoms with van der Waals surface area (Å²) in [5.74, 6) is -0.589. The minimum absolute atomic E-state index is 0.0333. The fraction of sp³-hybridized carbons (Fsp3) is 0.533. The van der Waals surface area contributed by atoms with Crippen LogP contribution in [0.5, 0.6) is 5.75 Å². The number of ether oxygens (including phenoxy) is 1. The van der Waals surface area contributed by atoms with Crippen molar-refractivity contribution in [3.63, 3.8) is 0 Å². The van der Waals surface area contributed by atoms with Gasteiger partial charge < -0.3 is 14.7 Å². The highest BCUT2D eigenvalue weighted by Gasteiger charge is 2.48. The van der Waals surface area contributed by atoms with E-state index in [1.165, 1.54) is 49.9 Å². The van der Waals surface area contributed by atoms with Crippen LogP contribution in [0, 0.1) is 11.8 Å². The zero-order valence-corrected chi connectivity index (χ0v) is 21.9. The van der Waals surface area contributed by atoms with Crippen LogP contribution in [0.1, 0.15) is 79.8 Å². The van der Waals surface area contributed by atoms with E-state index < -0.39 is 12.3 Å². The zero-order chi connectivity index (χ0) is 27.6. The topological polar surface area (TPSA) is 70.1 Å². The number of amides is 1. The van der Waals surface area contributed by atoms with Gasteiger partial charge in [-0.2, -0.15) is 0 Å². The highest BCUT2D eigenvalue weighted by molar-refractivity contribution is 6.07. The van der Waals surface area contributed by atoms with Crippen LogP contribution in [-0.4, -0.2) is 47.4 Å². The number of benzene rings is 2. The lowest BCUT2D eigenvalue weighted by Crippen LogP contribution is -2.52. The number of carboxylic acids is 1. The van der Waals surface area contributed by atoms with E-state index in [1.807, 2.05) is 23.1 Å². The number of para-hydroxylation sites is 1. The summed E-state index contributed by atoms with van der Waals surface area (Å²) in [6.07, 6.45) is 3.55. The van der Waals surface area contributed by atoms with E-state index in [2.05, 4.69) is 15.7 Å². The number of hydrogen-bond donors (Lipinski definition) is 1. The Bertz CT molecular complexity index is 1160. The molecule has 1 heterocycles. The molecule has 3 unspecified atom stereocenters. The molecule has 2 aromatic rings. The van der Waals surface area contributed by atoms with Crippen LogP contribution in [-0.2, 0) is 4.79 Å². The van der Waals surface area contributed by atoms with Crippen molar-refractivity contribution in [2.45, 2.75) is 76.2 Å². The molecule has 210 valence electrons. The Morgan fingerprint density at radius 2 is 1.69 bits per heavy atom. The van der Waals surface area contributed by atoms with Gasteiger partial charge in [0.15, 0.2) is 0 Å². The Balaban J connectivity index is 1.46. The number of aliphatic carboxylic acids is 1. The fourth-order valence-electron chi connectivity index (χ4n) is 6.99. The molecule has 5 rings (SSSR count). The third-order valence-corrected chi connectivity index (χ3v) is 8.53. The summed E-state index contributed by atoms with van der Waals surface area (Å²) >= 11 is 0. The van der Waals surface area contributed by atoms with Crippen molar-refractivity contribution in [1.82, 2.24) is 4.90 Å². The molecule has 2 aliphatic carbocycles.